The molecule has 1 aromatic heterocycles. The Morgan fingerprint density at radius 2 is 1.94 bits per heavy atom. The van der Waals surface area contributed by atoms with Crippen LogP contribution in [0.15, 0.2) is 4.52 Å². The molecule has 2 saturated carbocycles. The molecule has 4 heteroatoms. The molecule has 0 saturated heterocycles. The van der Waals surface area contributed by atoms with Crippen molar-refractivity contribution in [1.82, 2.24) is 10.1 Å². The highest BCUT2D eigenvalue weighted by molar-refractivity contribution is 5.08. The van der Waals surface area contributed by atoms with Gasteiger partial charge in [0, 0.05) is 6.42 Å². The summed E-state index contributed by atoms with van der Waals surface area (Å²) in [5.74, 6) is 2.27. The smallest absolute Gasteiger partial charge is 0.226 e. The Morgan fingerprint density at radius 3 is 2.59 bits per heavy atom. The van der Waals surface area contributed by atoms with Gasteiger partial charge in [-0.3, -0.25) is 0 Å². The molecule has 1 heterocycles. The standard InChI is InChI=1S/C13H21N3O/c14-13(7-4-8-13)12-15-11(17-16-12)9-10-5-2-1-3-6-10/h10H,1-9,14H2. The Labute approximate surface area is 102 Å². The first-order valence-electron chi connectivity index (χ1n) is 6.88. The van der Waals surface area contributed by atoms with Crippen LogP contribution in [0.25, 0.3) is 0 Å². The fourth-order valence-corrected chi connectivity index (χ4v) is 2.96. The Kier molecular flexibility index (Phi) is 2.90. The Balaban J connectivity index is 1.63. The second-order valence-electron chi connectivity index (χ2n) is 5.73. The zero-order valence-electron chi connectivity index (χ0n) is 10.3. The fraction of sp³-hybridized carbons (Fsp3) is 0.846. The van der Waals surface area contributed by atoms with E-state index in [1.807, 2.05) is 0 Å². The van der Waals surface area contributed by atoms with Gasteiger partial charge in [0.2, 0.25) is 5.89 Å². The third-order valence-electron chi connectivity index (χ3n) is 4.35. The highest BCUT2D eigenvalue weighted by Gasteiger charge is 2.39. The van der Waals surface area contributed by atoms with Gasteiger partial charge in [-0.15, -0.1) is 0 Å². The quantitative estimate of drug-likeness (QED) is 0.874. The van der Waals surface area contributed by atoms with Crippen molar-refractivity contribution >= 4 is 0 Å². The van der Waals surface area contributed by atoms with Gasteiger partial charge in [-0.2, -0.15) is 4.98 Å². The topological polar surface area (TPSA) is 64.9 Å². The fourth-order valence-electron chi connectivity index (χ4n) is 2.96. The summed E-state index contributed by atoms with van der Waals surface area (Å²) >= 11 is 0. The number of hydrogen-bond donors (Lipinski definition) is 1. The van der Waals surface area contributed by atoms with Crippen molar-refractivity contribution in [2.75, 3.05) is 0 Å². The van der Waals surface area contributed by atoms with Gasteiger partial charge in [-0.1, -0.05) is 24.4 Å². The predicted octanol–water partition coefficient (Wildman–Crippen LogP) is 2.53. The molecule has 2 N–H and O–H groups in total. The number of rotatable bonds is 3. The average molecular weight is 235 g/mol. The van der Waals surface area contributed by atoms with Gasteiger partial charge in [0.1, 0.15) is 0 Å². The third-order valence-corrected chi connectivity index (χ3v) is 4.35. The lowest BCUT2D eigenvalue weighted by Gasteiger charge is -2.34. The van der Waals surface area contributed by atoms with E-state index < -0.39 is 0 Å². The van der Waals surface area contributed by atoms with Crippen LogP contribution in [0.5, 0.6) is 0 Å². The summed E-state index contributed by atoms with van der Waals surface area (Å²) < 4.78 is 5.35. The molecule has 0 atom stereocenters. The normalized spacial score (nSPS) is 24.5. The lowest BCUT2D eigenvalue weighted by Crippen LogP contribution is -2.44. The summed E-state index contributed by atoms with van der Waals surface area (Å²) in [5.41, 5.74) is 5.90. The van der Waals surface area contributed by atoms with Gasteiger partial charge in [-0.05, 0) is 38.0 Å². The largest absolute Gasteiger partial charge is 0.339 e. The van der Waals surface area contributed by atoms with E-state index in [9.17, 15) is 0 Å². The Hall–Kier alpha value is -0.900. The SMILES string of the molecule is NC1(c2noc(CC3CCCCC3)n2)CCC1. The van der Waals surface area contributed by atoms with Gasteiger partial charge in [0.05, 0.1) is 5.54 Å². The highest BCUT2D eigenvalue weighted by atomic mass is 16.5. The zero-order chi connectivity index (χ0) is 11.7. The summed E-state index contributed by atoms with van der Waals surface area (Å²) in [6, 6.07) is 0. The Bertz CT molecular complexity index is 378. The average Bonchev–Trinajstić information content (AvgIpc) is 2.76. The van der Waals surface area contributed by atoms with E-state index in [2.05, 4.69) is 10.1 Å². The lowest BCUT2D eigenvalue weighted by molar-refractivity contribution is 0.228. The van der Waals surface area contributed by atoms with Crippen LogP contribution in [0.3, 0.4) is 0 Å². The first-order valence-corrected chi connectivity index (χ1v) is 6.88. The van der Waals surface area contributed by atoms with Gasteiger partial charge in [-0.25, -0.2) is 0 Å². The van der Waals surface area contributed by atoms with Crippen molar-refractivity contribution < 1.29 is 4.52 Å². The maximum absolute atomic E-state index is 6.19. The maximum Gasteiger partial charge on any atom is 0.226 e. The predicted molar refractivity (Wildman–Crippen MR) is 64.3 cm³/mol. The molecule has 2 aliphatic rings. The molecule has 0 amide bonds. The van der Waals surface area contributed by atoms with Crippen LogP contribution in [0.2, 0.25) is 0 Å². The second-order valence-corrected chi connectivity index (χ2v) is 5.73. The molecule has 3 rings (SSSR count). The molecule has 2 fully saturated rings. The maximum atomic E-state index is 6.19. The first kappa shape index (κ1) is 11.2. The summed E-state index contributed by atoms with van der Waals surface area (Å²) in [6.45, 7) is 0. The van der Waals surface area contributed by atoms with Gasteiger partial charge < -0.3 is 10.3 Å². The van der Waals surface area contributed by atoms with Crippen LogP contribution in [0, 0.1) is 5.92 Å². The van der Waals surface area contributed by atoms with E-state index in [1.54, 1.807) is 0 Å². The molecule has 0 bridgehead atoms. The van der Waals surface area contributed by atoms with Crippen molar-refractivity contribution in [3.8, 4) is 0 Å². The monoisotopic (exact) mass is 235 g/mol. The summed E-state index contributed by atoms with van der Waals surface area (Å²) in [4.78, 5) is 4.50. The highest BCUT2D eigenvalue weighted by Crippen LogP contribution is 2.37. The molecule has 2 aliphatic carbocycles. The lowest BCUT2D eigenvalue weighted by atomic mass is 9.77. The van der Waals surface area contributed by atoms with Crippen LogP contribution in [-0.4, -0.2) is 10.1 Å². The van der Waals surface area contributed by atoms with Crippen LogP contribution >= 0.6 is 0 Å². The Morgan fingerprint density at radius 1 is 1.18 bits per heavy atom. The van der Waals surface area contributed by atoms with Crippen LogP contribution in [0.4, 0.5) is 0 Å². The molecule has 0 aromatic carbocycles. The van der Waals surface area contributed by atoms with Gasteiger partial charge in [0.25, 0.3) is 0 Å². The number of nitrogens with zero attached hydrogens (tertiary/aromatic N) is 2. The van der Waals surface area contributed by atoms with Crippen LogP contribution in [-0.2, 0) is 12.0 Å². The molecular formula is C13H21N3O. The van der Waals surface area contributed by atoms with Crippen molar-refractivity contribution in [2.24, 2.45) is 11.7 Å². The molecule has 1 aromatic rings. The molecule has 0 aliphatic heterocycles. The van der Waals surface area contributed by atoms with Crippen LogP contribution in [0.1, 0.15) is 63.1 Å². The number of aromatic nitrogens is 2. The van der Waals surface area contributed by atoms with Crippen molar-refractivity contribution in [3.63, 3.8) is 0 Å². The second kappa shape index (κ2) is 4.41. The third kappa shape index (κ3) is 2.23. The summed E-state index contributed by atoms with van der Waals surface area (Å²) in [6.07, 6.45) is 10.8. The zero-order valence-corrected chi connectivity index (χ0v) is 10.3. The van der Waals surface area contributed by atoms with E-state index >= 15 is 0 Å². The van der Waals surface area contributed by atoms with Gasteiger partial charge >= 0.3 is 0 Å². The molecule has 0 unspecified atom stereocenters. The van der Waals surface area contributed by atoms with Gasteiger partial charge in [0.15, 0.2) is 5.82 Å². The van der Waals surface area contributed by atoms with Crippen LogP contribution < -0.4 is 5.73 Å². The van der Waals surface area contributed by atoms with E-state index in [-0.39, 0.29) is 5.54 Å². The van der Waals surface area contributed by atoms with E-state index in [0.29, 0.717) is 0 Å². The molecule has 4 nitrogen and oxygen atoms in total. The molecule has 0 radical (unpaired) electrons. The number of nitrogens with two attached hydrogens (primary N) is 1. The molecule has 94 valence electrons. The molecule has 17 heavy (non-hydrogen) atoms. The van der Waals surface area contributed by atoms with E-state index in [1.165, 1.54) is 38.5 Å². The minimum atomic E-state index is -0.283. The minimum Gasteiger partial charge on any atom is -0.339 e. The van der Waals surface area contributed by atoms with E-state index in [0.717, 1.165) is 36.9 Å². The minimum absolute atomic E-state index is 0.283. The number of hydrogen-bond acceptors (Lipinski definition) is 4. The van der Waals surface area contributed by atoms with Crippen molar-refractivity contribution in [1.29, 1.82) is 0 Å². The van der Waals surface area contributed by atoms with E-state index in [4.69, 9.17) is 10.3 Å². The molecule has 0 spiro atoms. The summed E-state index contributed by atoms with van der Waals surface area (Å²) in [7, 11) is 0. The van der Waals surface area contributed by atoms with Crippen molar-refractivity contribution in [3.05, 3.63) is 11.7 Å². The first-order chi connectivity index (χ1) is 8.26. The summed E-state index contributed by atoms with van der Waals surface area (Å²) in [5, 5.41) is 4.06. The molecular weight excluding hydrogens is 214 g/mol. The van der Waals surface area contributed by atoms with Crippen molar-refractivity contribution in [2.45, 2.75) is 63.3 Å².